The molecule has 0 saturated heterocycles. The number of fused-ring (bicyclic) bond motifs is 3. The molecule has 0 fully saturated rings. The Morgan fingerprint density at radius 2 is 1.70 bits per heavy atom. The molecule has 0 unspecified atom stereocenters. The molecule has 0 radical (unpaired) electrons. The number of aliphatic imine (C=N–C) groups is 1. The lowest BCUT2D eigenvalue weighted by Gasteiger charge is -2.33. The van der Waals surface area contributed by atoms with Crippen LogP contribution < -0.4 is 4.90 Å². The van der Waals surface area contributed by atoms with E-state index in [1.807, 2.05) is 35.8 Å². The number of amides is 1. The van der Waals surface area contributed by atoms with Crippen molar-refractivity contribution in [2.45, 2.75) is 25.9 Å². The molecule has 6 nitrogen and oxygen atoms in total. The number of rotatable bonds is 5. The van der Waals surface area contributed by atoms with Crippen LogP contribution in [0.25, 0.3) is 0 Å². The smallest absolute Gasteiger partial charge is 0.281 e. The van der Waals surface area contributed by atoms with E-state index in [0.29, 0.717) is 18.8 Å². The summed E-state index contributed by atoms with van der Waals surface area (Å²) in [6.07, 6.45) is 0.851. The number of nitrogens with zero attached hydrogens (tertiary/aromatic N) is 5. The van der Waals surface area contributed by atoms with E-state index >= 15 is 0 Å². The van der Waals surface area contributed by atoms with Crippen molar-refractivity contribution in [1.82, 2.24) is 14.5 Å². The van der Waals surface area contributed by atoms with Gasteiger partial charge in [-0.1, -0.05) is 60.7 Å². The molecule has 152 valence electrons. The highest BCUT2D eigenvalue weighted by atomic mass is 127. The summed E-state index contributed by atoms with van der Waals surface area (Å²) in [4.78, 5) is 27.1. The lowest BCUT2D eigenvalue weighted by Crippen LogP contribution is -2.50. The number of benzene rings is 2. The Bertz CT molecular complexity index is 1110. The van der Waals surface area contributed by atoms with Crippen LogP contribution in [0.3, 0.4) is 0 Å². The van der Waals surface area contributed by atoms with Crippen molar-refractivity contribution in [3.8, 4) is 0 Å². The summed E-state index contributed by atoms with van der Waals surface area (Å²) < 4.78 is 2.84. The minimum atomic E-state index is -0.0193. The normalized spacial score (nSPS) is 17.7. The van der Waals surface area contributed by atoms with Crippen LogP contribution in [0.15, 0.2) is 65.7 Å². The number of hydrogen-bond donors (Lipinski definition) is 0. The molecule has 7 heteroatoms. The summed E-state index contributed by atoms with van der Waals surface area (Å²) in [5, 5.41) is 0. The van der Waals surface area contributed by atoms with E-state index in [1.165, 1.54) is 5.56 Å². The zero-order chi connectivity index (χ0) is 20.7. The molecule has 2 aliphatic rings. The SMILES string of the molecule is CCN1C(=O)c2c(nc(I)n2Cc2ccccc2)N2C[C@@H](Cc3ccccc3)N=C12. The first-order chi connectivity index (χ1) is 14.7. The van der Waals surface area contributed by atoms with Gasteiger partial charge in [0.1, 0.15) is 0 Å². The largest absolute Gasteiger partial charge is 0.309 e. The highest BCUT2D eigenvalue weighted by molar-refractivity contribution is 14.1. The lowest BCUT2D eigenvalue weighted by atomic mass is 10.1. The molecule has 5 rings (SSSR count). The van der Waals surface area contributed by atoms with Gasteiger partial charge in [-0.05, 0) is 24.5 Å². The quantitative estimate of drug-likeness (QED) is 0.490. The highest BCUT2D eigenvalue weighted by Gasteiger charge is 2.43. The Balaban J connectivity index is 1.51. The topological polar surface area (TPSA) is 53.7 Å². The summed E-state index contributed by atoms with van der Waals surface area (Å²) >= 11 is 2.23. The van der Waals surface area contributed by atoms with Crippen molar-refractivity contribution in [3.63, 3.8) is 0 Å². The Morgan fingerprint density at radius 1 is 1.03 bits per heavy atom. The van der Waals surface area contributed by atoms with E-state index in [0.717, 1.165) is 34.1 Å². The van der Waals surface area contributed by atoms with Gasteiger partial charge >= 0.3 is 0 Å². The molecule has 30 heavy (non-hydrogen) atoms. The molecule has 3 heterocycles. The van der Waals surface area contributed by atoms with Crippen LogP contribution in [-0.2, 0) is 13.0 Å². The predicted octanol–water partition coefficient (Wildman–Crippen LogP) is 3.80. The third-order valence-electron chi connectivity index (χ3n) is 5.59. The number of aromatic nitrogens is 2. The second-order valence-electron chi connectivity index (χ2n) is 7.56. The van der Waals surface area contributed by atoms with E-state index in [-0.39, 0.29) is 11.9 Å². The lowest BCUT2D eigenvalue weighted by molar-refractivity contribution is 0.0836. The maximum atomic E-state index is 13.4. The molecule has 1 amide bonds. The van der Waals surface area contributed by atoms with Crippen molar-refractivity contribution in [3.05, 3.63) is 81.3 Å². The molecule has 0 bridgehead atoms. The molecule has 0 N–H and O–H groups in total. The van der Waals surface area contributed by atoms with Gasteiger partial charge in [-0.2, -0.15) is 0 Å². The van der Waals surface area contributed by atoms with E-state index in [4.69, 9.17) is 9.98 Å². The van der Waals surface area contributed by atoms with E-state index < -0.39 is 0 Å². The first-order valence-electron chi connectivity index (χ1n) is 10.2. The van der Waals surface area contributed by atoms with Crippen molar-refractivity contribution >= 4 is 40.3 Å². The van der Waals surface area contributed by atoms with Gasteiger partial charge < -0.3 is 4.57 Å². The number of anilines is 1. The van der Waals surface area contributed by atoms with E-state index in [9.17, 15) is 4.79 Å². The summed E-state index contributed by atoms with van der Waals surface area (Å²) in [5.41, 5.74) is 3.06. The molecule has 0 saturated carbocycles. The summed E-state index contributed by atoms with van der Waals surface area (Å²) in [6, 6.07) is 20.7. The van der Waals surface area contributed by atoms with Gasteiger partial charge in [0.2, 0.25) is 5.96 Å². The molecular formula is C23H22IN5O. The number of imidazole rings is 1. The van der Waals surface area contributed by atoms with Crippen LogP contribution >= 0.6 is 22.6 Å². The molecule has 2 aromatic carbocycles. The average molecular weight is 511 g/mol. The second-order valence-corrected chi connectivity index (χ2v) is 8.52. The fourth-order valence-corrected chi connectivity index (χ4v) is 4.83. The Labute approximate surface area is 189 Å². The van der Waals surface area contributed by atoms with Gasteiger partial charge in [0.15, 0.2) is 15.3 Å². The van der Waals surface area contributed by atoms with Crippen LogP contribution in [-0.4, -0.2) is 45.4 Å². The fraction of sp³-hybridized carbons (Fsp3) is 0.261. The summed E-state index contributed by atoms with van der Waals surface area (Å²) in [5.74, 6) is 1.45. The van der Waals surface area contributed by atoms with Gasteiger partial charge in [0, 0.05) is 29.1 Å². The standard InChI is InChI=1S/C23H22IN5O/c1-2-27-21(30)19-20(26-22(24)28(19)14-17-11-7-4-8-12-17)29-15-18(25-23(27)29)13-16-9-5-3-6-10-16/h3-12,18H,2,13-15H2,1H3/t18-/m1/s1. The van der Waals surface area contributed by atoms with Crippen LogP contribution in [0.2, 0.25) is 0 Å². The Morgan fingerprint density at radius 3 is 2.37 bits per heavy atom. The first kappa shape index (κ1) is 19.3. The number of guanidine groups is 1. The second kappa shape index (κ2) is 7.86. The van der Waals surface area contributed by atoms with Crippen molar-refractivity contribution in [1.29, 1.82) is 0 Å². The number of carbonyl (C=O) groups excluding carboxylic acids is 1. The van der Waals surface area contributed by atoms with Gasteiger partial charge in [0.25, 0.3) is 5.91 Å². The minimum absolute atomic E-state index is 0.0193. The Hall–Kier alpha value is -2.68. The Kier molecular flexibility index (Phi) is 5.06. The van der Waals surface area contributed by atoms with Gasteiger partial charge in [-0.15, -0.1) is 0 Å². The molecule has 0 aliphatic carbocycles. The zero-order valence-electron chi connectivity index (χ0n) is 16.7. The third-order valence-corrected chi connectivity index (χ3v) is 6.42. The zero-order valence-corrected chi connectivity index (χ0v) is 18.9. The van der Waals surface area contributed by atoms with Gasteiger partial charge in [-0.25, -0.2) is 9.98 Å². The van der Waals surface area contributed by atoms with Crippen LogP contribution in [0.4, 0.5) is 5.82 Å². The molecule has 2 aliphatic heterocycles. The maximum absolute atomic E-state index is 13.4. The van der Waals surface area contributed by atoms with Crippen molar-refractivity contribution < 1.29 is 4.79 Å². The van der Waals surface area contributed by atoms with Crippen LogP contribution in [0.1, 0.15) is 28.5 Å². The molecule has 3 aromatic rings. The summed E-state index contributed by atoms with van der Waals surface area (Å²) in [6.45, 7) is 3.94. The average Bonchev–Trinajstić information content (AvgIpc) is 3.31. The van der Waals surface area contributed by atoms with Gasteiger partial charge in [0.05, 0.1) is 19.1 Å². The van der Waals surface area contributed by atoms with Crippen molar-refractivity contribution in [2.24, 2.45) is 4.99 Å². The fourth-order valence-electron chi connectivity index (χ4n) is 4.19. The van der Waals surface area contributed by atoms with Gasteiger partial charge in [-0.3, -0.25) is 14.6 Å². The van der Waals surface area contributed by atoms with Crippen LogP contribution in [0, 0.1) is 3.83 Å². The van der Waals surface area contributed by atoms with E-state index in [1.54, 1.807) is 4.90 Å². The van der Waals surface area contributed by atoms with Crippen molar-refractivity contribution in [2.75, 3.05) is 18.0 Å². The number of halogens is 1. The molecule has 0 spiro atoms. The maximum Gasteiger partial charge on any atom is 0.281 e. The predicted molar refractivity (Wildman–Crippen MR) is 126 cm³/mol. The molecule has 1 aromatic heterocycles. The highest BCUT2D eigenvalue weighted by Crippen LogP contribution is 2.33. The third kappa shape index (κ3) is 3.30. The first-order valence-corrected chi connectivity index (χ1v) is 11.2. The molecular weight excluding hydrogens is 489 g/mol. The minimum Gasteiger partial charge on any atom is -0.309 e. The molecule has 1 atom stereocenters. The number of hydrogen-bond acceptors (Lipinski definition) is 4. The summed E-state index contributed by atoms with van der Waals surface area (Å²) in [7, 11) is 0. The number of carbonyl (C=O) groups is 1. The van der Waals surface area contributed by atoms with E-state index in [2.05, 4.69) is 63.9 Å². The monoisotopic (exact) mass is 511 g/mol. The van der Waals surface area contributed by atoms with Crippen LogP contribution in [0.5, 0.6) is 0 Å².